The Morgan fingerprint density at radius 3 is 2.88 bits per heavy atom. The summed E-state index contributed by atoms with van der Waals surface area (Å²) in [5.41, 5.74) is 1.50. The molecule has 0 aromatic carbocycles. The van der Waals surface area contributed by atoms with Crippen LogP contribution < -0.4 is 5.32 Å². The Kier molecular flexibility index (Phi) is 3.00. The fraction of sp³-hybridized carbons (Fsp3) is 0.167. The second-order valence-corrected chi connectivity index (χ2v) is 3.51. The molecule has 0 aliphatic heterocycles. The lowest BCUT2D eigenvalue weighted by atomic mass is 10.3. The van der Waals surface area contributed by atoms with Crippen LogP contribution in [0, 0.1) is 0 Å². The molecule has 2 heterocycles. The minimum absolute atomic E-state index is 0.0850. The molecule has 2 aromatic heterocycles. The number of aromatic nitrogens is 2. The molecule has 0 bridgehead atoms. The maximum absolute atomic E-state index is 11.7. The molecule has 16 heavy (non-hydrogen) atoms. The summed E-state index contributed by atoms with van der Waals surface area (Å²) in [5, 5.41) is 2.82. The van der Waals surface area contributed by atoms with Gasteiger partial charge in [0.05, 0.1) is 12.2 Å². The number of nitrogens with one attached hydrogen (secondary N) is 1. The van der Waals surface area contributed by atoms with Crippen LogP contribution in [0.3, 0.4) is 0 Å². The Morgan fingerprint density at radius 2 is 2.25 bits per heavy atom. The van der Waals surface area contributed by atoms with Crippen LogP contribution in [0.15, 0.2) is 42.7 Å². The zero-order valence-corrected chi connectivity index (χ0v) is 9.05. The highest BCUT2D eigenvalue weighted by Gasteiger charge is 2.07. The van der Waals surface area contributed by atoms with E-state index in [2.05, 4.69) is 10.3 Å². The SMILES string of the molecule is Cn1cccc1C(=O)NCc1ccccn1. The number of hydrogen-bond acceptors (Lipinski definition) is 2. The number of nitrogens with zero attached hydrogens (tertiary/aromatic N) is 2. The second kappa shape index (κ2) is 4.61. The maximum Gasteiger partial charge on any atom is 0.268 e. The predicted octanol–water partition coefficient (Wildman–Crippen LogP) is 1.35. The van der Waals surface area contributed by atoms with Crippen LogP contribution in [0.4, 0.5) is 0 Å². The van der Waals surface area contributed by atoms with E-state index in [9.17, 15) is 4.79 Å². The summed E-state index contributed by atoms with van der Waals surface area (Å²) in [6, 6.07) is 9.26. The van der Waals surface area contributed by atoms with Crippen molar-refractivity contribution in [3.05, 3.63) is 54.1 Å². The summed E-state index contributed by atoms with van der Waals surface area (Å²) in [6.45, 7) is 0.449. The average molecular weight is 215 g/mol. The Hall–Kier alpha value is -2.10. The Bertz CT molecular complexity index is 476. The Labute approximate surface area is 93.9 Å². The topological polar surface area (TPSA) is 46.9 Å². The number of rotatable bonds is 3. The van der Waals surface area contributed by atoms with Crippen molar-refractivity contribution in [2.75, 3.05) is 0 Å². The summed E-state index contributed by atoms with van der Waals surface area (Å²) in [5.74, 6) is -0.0850. The summed E-state index contributed by atoms with van der Waals surface area (Å²) >= 11 is 0. The van der Waals surface area contributed by atoms with Gasteiger partial charge in [0.25, 0.3) is 5.91 Å². The van der Waals surface area contributed by atoms with Crippen molar-refractivity contribution >= 4 is 5.91 Å². The van der Waals surface area contributed by atoms with Crippen LogP contribution in [0.2, 0.25) is 0 Å². The molecular weight excluding hydrogens is 202 g/mol. The van der Waals surface area contributed by atoms with E-state index in [1.807, 2.05) is 37.5 Å². The smallest absolute Gasteiger partial charge is 0.268 e. The molecule has 0 spiro atoms. The zero-order chi connectivity index (χ0) is 11.4. The first-order chi connectivity index (χ1) is 7.77. The first-order valence-electron chi connectivity index (χ1n) is 5.07. The molecule has 0 saturated carbocycles. The van der Waals surface area contributed by atoms with Crippen molar-refractivity contribution < 1.29 is 4.79 Å². The van der Waals surface area contributed by atoms with Gasteiger partial charge in [-0.1, -0.05) is 6.07 Å². The number of pyridine rings is 1. The van der Waals surface area contributed by atoms with Crippen LogP contribution in [0.5, 0.6) is 0 Å². The van der Waals surface area contributed by atoms with Crippen LogP contribution in [-0.2, 0) is 13.6 Å². The van der Waals surface area contributed by atoms with E-state index in [0.717, 1.165) is 5.69 Å². The molecule has 1 N–H and O–H groups in total. The number of aryl methyl sites for hydroxylation is 1. The summed E-state index contributed by atoms with van der Waals surface area (Å²) in [7, 11) is 1.84. The molecule has 0 saturated heterocycles. The Balaban J connectivity index is 1.97. The van der Waals surface area contributed by atoms with E-state index in [1.165, 1.54) is 0 Å². The van der Waals surface area contributed by atoms with E-state index in [-0.39, 0.29) is 5.91 Å². The van der Waals surface area contributed by atoms with E-state index in [1.54, 1.807) is 16.8 Å². The van der Waals surface area contributed by atoms with Crippen molar-refractivity contribution in [2.24, 2.45) is 7.05 Å². The highest BCUT2D eigenvalue weighted by atomic mass is 16.1. The minimum Gasteiger partial charge on any atom is -0.347 e. The largest absolute Gasteiger partial charge is 0.347 e. The minimum atomic E-state index is -0.0850. The fourth-order valence-electron chi connectivity index (χ4n) is 1.46. The third-order valence-corrected chi connectivity index (χ3v) is 2.33. The van der Waals surface area contributed by atoms with Crippen molar-refractivity contribution in [3.63, 3.8) is 0 Å². The van der Waals surface area contributed by atoms with E-state index >= 15 is 0 Å². The molecule has 82 valence electrons. The Morgan fingerprint density at radius 1 is 1.38 bits per heavy atom. The maximum atomic E-state index is 11.7. The molecule has 2 rings (SSSR count). The summed E-state index contributed by atoms with van der Waals surface area (Å²) in [4.78, 5) is 15.9. The highest BCUT2D eigenvalue weighted by Crippen LogP contribution is 2.00. The number of hydrogen-bond donors (Lipinski definition) is 1. The van der Waals surface area contributed by atoms with Gasteiger partial charge in [0, 0.05) is 19.4 Å². The van der Waals surface area contributed by atoms with Gasteiger partial charge in [0.2, 0.25) is 0 Å². The zero-order valence-electron chi connectivity index (χ0n) is 9.05. The number of carbonyl (C=O) groups excluding carboxylic acids is 1. The molecule has 4 heteroatoms. The van der Waals surface area contributed by atoms with Gasteiger partial charge in [-0.2, -0.15) is 0 Å². The van der Waals surface area contributed by atoms with Crippen LogP contribution in [-0.4, -0.2) is 15.5 Å². The van der Waals surface area contributed by atoms with Gasteiger partial charge >= 0.3 is 0 Å². The molecular formula is C12H13N3O. The molecule has 0 fully saturated rings. The van der Waals surface area contributed by atoms with Gasteiger partial charge in [-0.05, 0) is 24.3 Å². The summed E-state index contributed by atoms with van der Waals surface area (Å²) < 4.78 is 1.79. The van der Waals surface area contributed by atoms with Gasteiger partial charge in [-0.25, -0.2) is 0 Å². The molecule has 0 radical (unpaired) electrons. The lowest BCUT2D eigenvalue weighted by Gasteiger charge is -2.05. The van der Waals surface area contributed by atoms with Gasteiger partial charge < -0.3 is 9.88 Å². The van der Waals surface area contributed by atoms with Crippen LogP contribution in [0.25, 0.3) is 0 Å². The molecule has 0 atom stereocenters. The lowest BCUT2D eigenvalue weighted by molar-refractivity contribution is 0.0942. The quantitative estimate of drug-likeness (QED) is 0.840. The van der Waals surface area contributed by atoms with Crippen molar-refractivity contribution in [1.82, 2.24) is 14.9 Å². The highest BCUT2D eigenvalue weighted by molar-refractivity contribution is 5.92. The molecule has 0 unspecified atom stereocenters. The first kappa shape index (κ1) is 10.4. The van der Waals surface area contributed by atoms with Crippen molar-refractivity contribution in [1.29, 1.82) is 0 Å². The van der Waals surface area contributed by atoms with Crippen LogP contribution >= 0.6 is 0 Å². The fourth-order valence-corrected chi connectivity index (χ4v) is 1.46. The molecule has 1 amide bonds. The first-order valence-corrected chi connectivity index (χ1v) is 5.07. The van der Waals surface area contributed by atoms with Gasteiger partial charge in [-0.3, -0.25) is 9.78 Å². The summed E-state index contributed by atoms with van der Waals surface area (Å²) in [6.07, 6.45) is 3.56. The van der Waals surface area contributed by atoms with Gasteiger partial charge in [-0.15, -0.1) is 0 Å². The average Bonchev–Trinajstić information content (AvgIpc) is 2.74. The van der Waals surface area contributed by atoms with Gasteiger partial charge in [0.1, 0.15) is 5.69 Å². The second-order valence-electron chi connectivity index (χ2n) is 3.51. The van der Waals surface area contributed by atoms with E-state index in [0.29, 0.717) is 12.2 Å². The molecule has 4 nitrogen and oxygen atoms in total. The van der Waals surface area contributed by atoms with Gasteiger partial charge in [0.15, 0.2) is 0 Å². The molecule has 2 aromatic rings. The molecule has 0 aliphatic carbocycles. The molecule has 0 aliphatic rings. The number of amides is 1. The normalized spacial score (nSPS) is 10.1. The van der Waals surface area contributed by atoms with Crippen molar-refractivity contribution in [2.45, 2.75) is 6.54 Å². The van der Waals surface area contributed by atoms with Crippen molar-refractivity contribution in [3.8, 4) is 0 Å². The van der Waals surface area contributed by atoms with E-state index < -0.39 is 0 Å². The lowest BCUT2D eigenvalue weighted by Crippen LogP contribution is -2.25. The van der Waals surface area contributed by atoms with Crippen LogP contribution in [0.1, 0.15) is 16.2 Å². The predicted molar refractivity (Wildman–Crippen MR) is 60.8 cm³/mol. The standard InChI is InChI=1S/C12H13N3O/c1-15-8-4-6-11(15)12(16)14-9-10-5-2-3-7-13-10/h2-8H,9H2,1H3,(H,14,16). The third-order valence-electron chi connectivity index (χ3n) is 2.33. The number of carbonyl (C=O) groups is 1. The third kappa shape index (κ3) is 2.28. The monoisotopic (exact) mass is 215 g/mol. The van der Waals surface area contributed by atoms with E-state index in [4.69, 9.17) is 0 Å².